The van der Waals surface area contributed by atoms with E-state index in [4.69, 9.17) is 18.9 Å². The van der Waals surface area contributed by atoms with Gasteiger partial charge in [-0.2, -0.15) is 0 Å². The van der Waals surface area contributed by atoms with Crippen LogP contribution >= 0.6 is 0 Å². The van der Waals surface area contributed by atoms with Crippen LogP contribution in [-0.2, 0) is 6.42 Å². The summed E-state index contributed by atoms with van der Waals surface area (Å²) in [5.74, 6) is 2.84. The topological polar surface area (TPSA) is 72.8 Å². The van der Waals surface area contributed by atoms with E-state index < -0.39 is 0 Å². The molecule has 0 bridgehead atoms. The highest BCUT2D eigenvalue weighted by molar-refractivity contribution is 6.00. The lowest BCUT2D eigenvalue weighted by Gasteiger charge is -2.36. The first-order chi connectivity index (χ1) is 13.7. The van der Waals surface area contributed by atoms with Crippen LogP contribution in [0.1, 0.15) is 29.2 Å². The van der Waals surface area contributed by atoms with Crippen molar-refractivity contribution in [3.8, 4) is 23.0 Å². The molecule has 2 aromatic rings. The molecule has 7 heteroatoms. The molecule has 1 atom stereocenters. The number of ether oxygens (including phenoxy) is 4. The Hall–Kier alpha value is -2.93. The molecule has 0 unspecified atom stereocenters. The fraction of sp³-hybridized carbons (Fsp3) is 0.381. The summed E-state index contributed by atoms with van der Waals surface area (Å²) in [5, 5.41) is 13.3. The summed E-state index contributed by atoms with van der Waals surface area (Å²) >= 11 is 0. The average molecular weight is 384 g/mol. The van der Waals surface area contributed by atoms with Gasteiger partial charge in [0.15, 0.2) is 11.5 Å². The van der Waals surface area contributed by atoms with Crippen LogP contribution in [-0.4, -0.2) is 50.4 Å². The number of rotatable bonds is 5. The molecule has 1 N–H and O–H groups in total. The van der Waals surface area contributed by atoms with Gasteiger partial charge in [-0.05, 0) is 54.9 Å². The van der Waals surface area contributed by atoms with Crippen molar-refractivity contribution in [2.75, 3.05) is 34.6 Å². The molecule has 0 spiro atoms. The van der Waals surface area contributed by atoms with Crippen molar-refractivity contribution in [2.24, 2.45) is 5.16 Å². The largest absolute Gasteiger partial charge is 0.497 e. The second-order valence-electron chi connectivity index (χ2n) is 6.94. The van der Waals surface area contributed by atoms with Crippen molar-refractivity contribution in [2.45, 2.75) is 18.9 Å². The van der Waals surface area contributed by atoms with Crippen molar-refractivity contribution in [3.63, 3.8) is 0 Å². The highest BCUT2D eigenvalue weighted by Gasteiger charge is 2.34. The molecule has 148 valence electrons. The molecule has 2 aliphatic rings. The quantitative estimate of drug-likeness (QED) is 0.485. The van der Waals surface area contributed by atoms with E-state index in [0.29, 0.717) is 23.6 Å². The Morgan fingerprint density at radius 3 is 2.68 bits per heavy atom. The lowest BCUT2D eigenvalue weighted by molar-refractivity contribution is 0.170. The highest BCUT2D eigenvalue weighted by atomic mass is 16.7. The van der Waals surface area contributed by atoms with Crippen molar-refractivity contribution in [1.82, 2.24) is 4.90 Å². The zero-order valence-electron chi connectivity index (χ0n) is 16.3. The van der Waals surface area contributed by atoms with Gasteiger partial charge in [-0.25, -0.2) is 0 Å². The van der Waals surface area contributed by atoms with Crippen molar-refractivity contribution < 1.29 is 24.2 Å². The predicted octanol–water partition coefficient (Wildman–Crippen LogP) is 3.23. The maximum absolute atomic E-state index is 9.71. The molecule has 28 heavy (non-hydrogen) atoms. The Balaban J connectivity index is 1.72. The number of nitrogens with zero attached hydrogens (tertiary/aromatic N) is 2. The van der Waals surface area contributed by atoms with Crippen LogP contribution in [0.15, 0.2) is 35.5 Å². The number of methoxy groups -OCH3 is 2. The first-order valence-corrected chi connectivity index (χ1v) is 9.21. The standard InChI is InChI=1S/C21H24N2O5/c1-23-9-8-14-10-18-20(28-12-27-18)21(26-3)19(14)17(23)11-16(22-24)13-4-6-15(25-2)7-5-13/h4-7,10,17,24H,8-9,11-12H2,1-3H3/t17-/m1/s1. The van der Waals surface area contributed by atoms with Crippen molar-refractivity contribution in [1.29, 1.82) is 0 Å². The first-order valence-electron chi connectivity index (χ1n) is 9.21. The van der Waals surface area contributed by atoms with Gasteiger partial charge in [0.05, 0.1) is 19.9 Å². The summed E-state index contributed by atoms with van der Waals surface area (Å²) in [7, 11) is 5.34. The maximum Gasteiger partial charge on any atom is 0.231 e. The Bertz CT molecular complexity index is 895. The zero-order chi connectivity index (χ0) is 19.7. The van der Waals surface area contributed by atoms with E-state index in [1.54, 1.807) is 14.2 Å². The third-order valence-corrected chi connectivity index (χ3v) is 5.48. The lowest BCUT2D eigenvalue weighted by atomic mass is 9.87. The summed E-state index contributed by atoms with van der Waals surface area (Å²) in [4.78, 5) is 2.25. The van der Waals surface area contributed by atoms with Crippen LogP contribution in [0.4, 0.5) is 0 Å². The maximum atomic E-state index is 9.71. The number of benzene rings is 2. The predicted molar refractivity (Wildman–Crippen MR) is 104 cm³/mol. The first kappa shape index (κ1) is 18.4. The molecule has 0 saturated heterocycles. The molecule has 2 heterocycles. The summed E-state index contributed by atoms with van der Waals surface area (Å²) in [6.07, 6.45) is 1.42. The molecule has 0 aromatic heterocycles. The van der Waals surface area contributed by atoms with Gasteiger partial charge in [0, 0.05) is 24.6 Å². The highest BCUT2D eigenvalue weighted by Crippen LogP contribution is 2.50. The molecule has 2 aliphatic heterocycles. The third-order valence-electron chi connectivity index (χ3n) is 5.48. The SMILES string of the molecule is COc1ccc(C(C[C@@H]2c3c(cc4c(c3OC)OCO4)CCN2C)=NO)cc1. The second kappa shape index (κ2) is 7.59. The summed E-state index contributed by atoms with van der Waals surface area (Å²) in [6, 6.07) is 9.54. The molecule has 0 fully saturated rings. The summed E-state index contributed by atoms with van der Waals surface area (Å²) in [5.41, 5.74) is 3.70. The van der Waals surface area contributed by atoms with E-state index in [2.05, 4.69) is 17.1 Å². The minimum atomic E-state index is -0.0128. The molecule has 0 amide bonds. The van der Waals surface area contributed by atoms with Crippen LogP contribution in [0, 0.1) is 0 Å². The zero-order valence-corrected chi connectivity index (χ0v) is 16.3. The molecule has 0 radical (unpaired) electrons. The molecular weight excluding hydrogens is 360 g/mol. The van der Waals surface area contributed by atoms with Gasteiger partial charge in [-0.15, -0.1) is 0 Å². The van der Waals surface area contributed by atoms with Crippen molar-refractivity contribution >= 4 is 5.71 Å². The Labute approximate surface area is 164 Å². The minimum Gasteiger partial charge on any atom is -0.497 e. The van der Waals surface area contributed by atoms with Crippen LogP contribution in [0.5, 0.6) is 23.0 Å². The van der Waals surface area contributed by atoms with Gasteiger partial charge in [-0.3, -0.25) is 4.90 Å². The van der Waals surface area contributed by atoms with Gasteiger partial charge in [0.2, 0.25) is 12.5 Å². The van der Waals surface area contributed by atoms with E-state index in [0.717, 1.165) is 35.6 Å². The van der Waals surface area contributed by atoms with E-state index in [9.17, 15) is 5.21 Å². The lowest BCUT2D eigenvalue weighted by Crippen LogP contribution is -2.34. The van der Waals surface area contributed by atoms with Crippen LogP contribution in [0.2, 0.25) is 0 Å². The smallest absolute Gasteiger partial charge is 0.231 e. The Kier molecular flexibility index (Phi) is 5.00. The molecule has 4 rings (SSSR count). The monoisotopic (exact) mass is 384 g/mol. The van der Waals surface area contributed by atoms with Crippen molar-refractivity contribution in [3.05, 3.63) is 47.0 Å². The molecule has 2 aromatic carbocycles. The van der Waals surface area contributed by atoms with Crippen LogP contribution in [0.3, 0.4) is 0 Å². The fourth-order valence-electron chi connectivity index (χ4n) is 3.97. The number of likely N-dealkylation sites (N-methyl/N-ethyl adjacent to an activating group) is 1. The Morgan fingerprint density at radius 1 is 1.21 bits per heavy atom. The van der Waals surface area contributed by atoms with Gasteiger partial charge in [-0.1, -0.05) is 5.16 Å². The van der Waals surface area contributed by atoms with Gasteiger partial charge in [0.25, 0.3) is 0 Å². The van der Waals surface area contributed by atoms with Gasteiger partial charge in [0.1, 0.15) is 5.75 Å². The number of fused-ring (bicyclic) bond motifs is 2. The van der Waals surface area contributed by atoms with Crippen LogP contribution < -0.4 is 18.9 Å². The number of hydrogen-bond donors (Lipinski definition) is 1. The average Bonchev–Trinajstić information content (AvgIpc) is 3.20. The fourth-order valence-corrected chi connectivity index (χ4v) is 3.97. The summed E-state index contributed by atoms with van der Waals surface area (Å²) < 4.78 is 22.2. The van der Waals surface area contributed by atoms with Gasteiger partial charge >= 0.3 is 0 Å². The molecule has 7 nitrogen and oxygen atoms in total. The Morgan fingerprint density at radius 2 is 2.00 bits per heavy atom. The number of oxime groups is 1. The minimum absolute atomic E-state index is 0.0128. The van der Waals surface area contributed by atoms with E-state index in [1.165, 1.54) is 5.56 Å². The van der Waals surface area contributed by atoms with E-state index in [1.807, 2.05) is 30.3 Å². The normalized spacial score (nSPS) is 18.7. The second-order valence-corrected chi connectivity index (χ2v) is 6.94. The number of hydrogen-bond acceptors (Lipinski definition) is 7. The molecule has 0 aliphatic carbocycles. The van der Waals surface area contributed by atoms with E-state index >= 15 is 0 Å². The third kappa shape index (κ3) is 3.11. The van der Waals surface area contributed by atoms with Gasteiger partial charge < -0.3 is 24.2 Å². The van der Waals surface area contributed by atoms with Crippen LogP contribution in [0.25, 0.3) is 0 Å². The van der Waals surface area contributed by atoms with E-state index in [-0.39, 0.29) is 12.8 Å². The summed E-state index contributed by atoms with van der Waals surface area (Å²) in [6.45, 7) is 1.09. The molecular formula is C21H24N2O5. The molecule has 0 saturated carbocycles.